The summed E-state index contributed by atoms with van der Waals surface area (Å²) in [6.45, 7) is 0. The van der Waals surface area contributed by atoms with E-state index in [4.69, 9.17) is 0 Å². The molecule has 8 rings (SSSR count). The normalized spacial score (nSPS) is 12.0. The molecular formula is C34H20S. The average Bonchev–Trinajstić information content (AvgIpc) is 3.32. The third-order valence-corrected chi connectivity index (χ3v) is 8.73. The zero-order valence-electron chi connectivity index (χ0n) is 19.0. The van der Waals surface area contributed by atoms with Crippen LogP contribution in [0.4, 0.5) is 0 Å². The van der Waals surface area contributed by atoms with E-state index in [0.29, 0.717) is 0 Å². The smallest absolute Gasteiger partial charge is 0.0434 e. The van der Waals surface area contributed by atoms with E-state index < -0.39 is 0 Å². The molecule has 0 unspecified atom stereocenters. The first-order valence-electron chi connectivity index (χ1n) is 12.0. The zero-order valence-corrected chi connectivity index (χ0v) is 19.8. The van der Waals surface area contributed by atoms with Crippen molar-refractivity contribution < 1.29 is 0 Å². The predicted octanol–water partition coefficient (Wildman–Crippen LogP) is 10.3. The Balaban J connectivity index is 1.43. The van der Waals surface area contributed by atoms with E-state index >= 15 is 0 Å². The minimum atomic E-state index is 1.28. The van der Waals surface area contributed by atoms with Gasteiger partial charge >= 0.3 is 0 Å². The number of benzene rings is 7. The van der Waals surface area contributed by atoms with E-state index in [9.17, 15) is 0 Å². The topological polar surface area (TPSA) is 0 Å². The molecule has 1 aromatic heterocycles. The lowest BCUT2D eigenvalue weighted by atomic mass is 9.94. The van der Waals surface area contributed by atoms with Gasteiger partial charge in [0.05, 0.1) is 0 Å². The lowest BCUT2D eigenvalue weighted by Gasteiger charge is -2.10. The van der Waals surface area contributed by atoms with Gasteiger partial charge in [0, 0.05) is 20.2 Å². The summed E-state index contributed by atoms with van der Waals surface area (Å²) in [7, 11) is 0. The standard InChI is InChI=1S/C34H20S/c1-3-8-25-21(6-1)14-18-29-28(25)17-15-23-12-13-24(20-32(23)29)27-10-5-11-30-31-19-16-22-7-2-4-9-26(22)33(31)35-34(27)30/h1-20H. The fourth-order valence-electron chi connectivity index (χ4n) is 5.74. The maximum absolute atomic E-state index is 2.39. The molecule has 0 atom stereocenters. The highest BCUT2D eigenvalue weighted by Gasteiger charge is 2.13. The number of hydrogen-bond donors (Lipinski definition) is 0. The lowest BCUT2D eigenvalue weighted by Crippen LogP contribution is -1.83. The van der Waals surface area contributed by atoms with E-state index in [0.717, 1.165) is 0 Å². The van der Waals surface area contributed by atoms with Crippen molar-refractivity contribution in [2.75, 3.05) is 0 Å². The van der Waals surface area contributed by atoms with Gasteiger partial charge in [-0.1, -0.05) is 115 Å². The van der Waals surface area contributed by atoms with Crippen molar-refractivity contribution in [3.63, 3.8) is 0 Å². The fourth-order valence-corrected chi connectivity index (χ4v) is 7.11. The molecule has 0 nitrogen and oxygen atoms in total. The summed E-state index contributed by atoms with van der Waals surface area (Å²) in [6, 6.07) is 44.7. The molecule has 0 radical (unpaired) electrons. The van der Waals surface area contributed by atoms with Crippen molar-refractivity contribution in [1.29, 1.82) is 0 Å². The van der Waals surface area contributed by atoms with Gasteiger partial charge in [-0.15, -0.1) is 11.3 Å². The third kappa shape index (κ3) is 2.73. The summed E-state index contributed by atoms with van der Waals surface area (Å²) < 4.78 is 2.74. The molecule has 0 aliphatic carbocycles. The highest BCUT2D eigenvalue weighted by atomic mass is 32.1. The van der Waals surface area contributed by atoms with Gasteiger partial charge in [-0.25, -0.2) is 0 Å². The first kappa shape index (κ1) is 19.1. The summed E-state index contributed by atoms with van der Waals surface area (Å²) in [5.74, 6) is 0. The summed E-state index contributed by atoms with van der Waals surface area (Å²) >= 11 is 1.92. The van der Waals surface area contributed by atoms with Gasteiger partial charge in [-0.05, 0) is 60.3 Å². The second-order valence-electron chi connectivity index (χ2n) is 9.33. The molecule has 0 saturated carbocycles. The monoisotopic (exact) mass is 460 g/mol. The molecule has 162 valence electrons. The predicted molar refractivity (Wildman–Crippen MR) is 155 cm³/mol. The number of hydrogen-bond acceptors (Lipinski definition) is 1. The largest absolute Gasteiger partial charge is 0.134 e. The Morgan fingerprint density at radius 2 is 0.914 bits per heavy atom. The van der Waals surface area contributed by atoms with E-state index in [-0.39, 0.29) is 0 Å². The zero-order chi connectivity index (χ0) is 22.9. The van der Waals surface area contributed by atoms with Crippen LogP contribution < -0.4 is 0 Å². The Hall–Kier alpha value is -4.20. The molecule has 0 fully saturated rings. The Morgan fingerprint density at radius 3 is 1.74 bits per heavy atom. The third-order valence-electron chi connectivity index (χ3n) is 7.44. The van der Waals surface area contributed by atoms with Crippen molar-refractivity contribution in [3.05, 3.63) is 121 Å². The molecule has 0 aliphatic heterocycles. The van der Waals surface area contributed by atoms with Crippen molar-refractivity contribution in [1.82, 2.24) is 0 Å². The van der Waals surface area contributed by atoms with E-state index in [1.165, 1.54) is 74.4 Å². The van der Waals surface area contributed by atoms with Crippen LogP contribution in [0.5, 0.6) is 0 Å². The van der Waals surface area contributed by atoms with Crippen LogP contribution in [0, 0.1) is 0 Å². The number of rotatable bonds is 1. The molecule has 0 spiro atoms. The second-order valence-corrected chi connectivity index (χ2v) is 10.4. The van der Waals surface area contributed by atoms with Gasteiger partial charge < -0.3 is 0 Å². The van der Waals surface area contributed by atoms with E-state index in [1.807, 2.05) is 11.3 Å². The summed E-state index contributed by atoms with van der Waals surface area (Å²) in [4.78, 5) is 0. The molecule has 8 aromatic rings. The first-order chi connectivity index (χ1) is 17.3. The molecule has 0 amide bonds. The van der Waals surface area contributed by atoms with Crippen LogP contribution in [0.3, 0.4) is 0 Å². The van der Waals surface area contributed by atoms with Gasteiger partial charge in [0.15, 0.2) is 0 Å². The second kappa shape index (κ2) is 7.15. The van der Waals surface area contributed by atoms with Crippen LogP contribution in [0.1, 0.15) is 0 Å². The van der Waals surface area contributed by atoms with E-state index in [2.05, 4.69) is 121 Å². The van der Waals surface area contributed by atoms with Crippen LogP contribution in [-0.2, 0) is 0 Å². The number of fused-ring (bicyclic) bond motifs is 10. The molecule has 0 N–H and O–H groups in total. The Kier molecular flexibility index (Phi) is 3.91. The van der Waals surface area contributed by atoms with Crippen LogP contribution in [-0.4, -0.2) is 0 Å². The van der Waals surface area contributed by atoms with Crippen molar-refractivity contribution in [3.8, 4) is 11.1 Å². The quantitative estimate of drug-likeness (QED) is 0.214. The first-order valence-corrected chi connectivity index (χ1v) is 12.8. The van der Waals surface area contributed by atoms with Gasteiger partial charge in [0.25, 0.3) is 0 Å². The fraction of sp³-hybridized carbons (Fsp3) is 0. The minimum Gasteiger partial charge on any atom is -0.134 e. The molecule has 0 bridgehead atoms. The van der Waals surface area contributed by atoms with Gasteiger partial charge in [0.1, 0.15) is 0 Å². The van der Waals surface area contributed by atoms with Crippen molar-refractivity contribution >= 4 is 74.6 Å². The van der Waals surface area contributed by atoms with Crippen molar-refractivity contribution in [2.24, 2.45) is 0 Å². The maximum atomic E-state index is 2.39. The van der Waals surface area contributed by atoms with Crippen molar-refractivity contribution in [2.45, 2.75) is 0 Å². The van der Waals surface area contributed by atoms with Gasteiger partial charge in [-0.2, -0.15) is 0 Å². The Bertz CT molecular complexity index is 2110. The molecule has 0 saturated heterocycles. The summed E-state index contributed by atoms with van der Waals surface area (Å²) in [5, 5.41) is 13.2. The number of thiophene rings is 1. The summed E-state index contributed by atoms with van der Waals surface area (Å²) in [5.41, 5.74) is 2.59. The highest BCUT2D eigenvalue weighted by molar-refractivity contribution is 7.27. The Morgan fingerprint density at radius 1 is 0.343 bits per heavy atom. The SMILES string of the molecule is c1ccc2c(c1)ccc1c3cc(-c4cccc5c4sc4c6ccccc6ccc54)ccc3ccc21. The molecule has 1 heterocycles. The van der Waals surface area contributed by atoms with Crippen LogP contribution in [0.2, 0.25) is 0 Å². The van der Waals surface area contributed by atoms with Crippen LogP contribution in [0.15, 0.2) is 121 Å². The lowest BCUT2D eigenvalue weighted by molar-refractivity contribution is 1.72. The van der Waals surface area contributed by atoms with Crippen LogP contribution in [0.25, 0.3) is 74.4 Å². The Labute approximate surface area is 206 Å². The van der Waals surface area contributed by atoms with Gasteiger partial charge in [-0.3, -0.25) is 0 Å². The van der Waals surface area contributed by atoms with E-state index in [1.54, 1.807) is 0 Å². The van der Waals surface area contributed by atoms with Crippen LogP contribution >= 0.6 is 11.3 Å². The van der Waals surface area contributed by atoms with Gasteiger partial charge in [0.2, 0.25) is 0 Å². The molecule has 35 heavy (non-hydrogen) atoms. The maximum Gasteiger partial charge on any atom is 0.0434 e. The molecule has 7 aromatic carbocycles. The summed E-state index contributed by atoms with van der Waals surface area (Å²) in [6.07, 6.45) is 0. The molecule has 1 heteroatoms. The molecular weight excluding hydrogens is 440 g/mol. The minimum absolute atomic E-state index is 1.28. The highest BCUT2D eigenvalue weighted by Crippen LogP contribution is 2.43. The molecule has 0 aliphatic rings. The average molecular weight is 461 g/mol.